The highest BCUT2D eigenvalue weighted by atomic mass is 35.5. The highest BCUT2D eigenvalue weighted by Crippen LogP contribution is 2.22. The second-order valence-electron chi connectivity index (χ2n) is 5.95. The van der Waals surface area contributed by atoms with Gasteiger partial charge in [0.25, 0.3) is 5.91 Å². The molecule has 3 N–H and O–H groups in total. The fourth-order valence-corrected chi connectivity index (χ4v) is 3.68. The second kappa shape index (κ2) is 7.84. The number of amides is 2. The fraction of sp³-hybridized carbons (Fsp3) is 0.353. The van der Waals surface area contributed by atoms with Gasteiger partial charge in [-0.2, -0.15) is 0 Å². The second-order valence-corrected chi connectivity index (χ2v) is 7.22. The average molecular weight is 379 g/mol. The molecule has 2 aromatic rings. The molecule has 0 radical (unpaired) electrons. The number of aromatic nitrogens is 1. The molecule has 2 amide bonds. The van der Waals surface area contributed by atoms with Gasteiger partial charge in [-0.05, 0) is 24.5 Å². The van der Waals surface area contributed by atoms with Crippen molar-refractivity contribution in [3.8, 4) is 0 Å². The van der Waals surface area contributed by atoms with E-state index in [-0.39, 0.29) is 17.7 Å². The number of benzene rings is 1. The van der Waals surface area contributed by atoms with Crippen molar-refractivity contribution in [1.82, 2.24) is 9.88 Å². The molecule has 1 saturated heterocycles. The molecule has 8 heteroatoms. The summed E-state index contributed by atoms with van der Waals surface area (Å²) in [7, 11) is 0. The summed E-state index contributed by atoms with van der Waals surface area (Å²) >= 11 is 7.52. The summed E-state index contributed by atoms with van der Waals surface area (Å²) in [5.74, 6) is -0.524. The Labute approximate surface area is 155 Å². The van der Waals surface area contributed by atoms with E-state index in [1.807, 2.05) is 24.3 Å². The average Bonchev–Trinajstić information content (AvgIpc) is 3.09. The molecular formula is C17H19ClN4O2S. The van der Waals surface area contributed by atoms with E-state index in [4.69, 9.17) is 17.3 Å². The SMILES string of the molecule is NC(=O)C1CCN(C(=O)c2csc(NCc3ccccc3Cl)n2)CC1. The molecule has 3 rings (SSSR count). The van der Waals surface area contributed by atoms with Crippen LogP contribution in [0.4, 0.5) is 5.13 Å². The number of hydrogen-bond donors (Lipinski definition) is 2. The first-order valence-electron chi connectivity index (χ1n) is 8.06. The van der Waals surface area contributed by atoms with Gasteiger partial charge in [-0.25, -0.2) is 4.98 Å². The van der Waals surface area contributed by atoms with E-state index in [0.717, 1.165) is 5.56 Å². The number of nitrogens with one attached hydrogen (secondary N) is 1. The first-order chi connectivity index (χ1) is 12.0. The third-order valence-corrected chi connectivity index (χ3v) is 5.46. The Morgan fingerprint density at radius 1 is 1.32 bits per heavy atom. The van der Waals surface area contributed by atoms with Gasteiger partial charge in [-0.3, -0.25) is 9.59 Å². The number of halogens is 1. The van der Waals surface area contributed by atoms with Crippen molar-refractivity contribution in [3.63, 3.8) is 0 Å². The van der Waals surface area contributed by atoms with Crippen molar-refractivity contribution >= 4 is 39.9 Å². The van der Waals surface area contributed by atoms with Crippen molar-refractivity contribution in [1.29, 1.82) is 0 Å². The largest absolute Gasteiger partial charge is 0.369 e. The molecule has 1 aliphatic heterocycles. The first kappa shape index (κ1) is 17.7. The van der Waals surface area contributed by atoms with Gasteiger partial charge in [0.05, 0.1) is 0 Å². The number of piperidine rings is 1. The summed E-state index contributed by atoms with van der Waals surface area (Å²) in [4.78, 5) is 29.8. The molecule has 0 saturated carbocycles. The minimum Gasteiger partial charge on any atom is -0.369 e. The van der Waals surface area contributed by atoms with Gasteiger partial charge in [0.15, 0.2) is 5.13 Å². The molecule has 2 heterocycles. The van der Waals surface area contributed by atoms with Gasteiger partial charge in [-0.15, -0.1) is 11.3 Å². The van der Waals surface area contributed by atoms with Crippen molar-refractivity contribution in [3.05, 3.63) is 45.9 Å². The zero-order valence-electron chi connectivity index (χ0n) is 13.6. The molecule has 0 bridgehead atoms. The standard InChI is InChI=1S/C17H19ClN4O2S/c18-13-4-2-1-3-12(13)9-20-17-21-14(10-25-17)16(24)22-7-5-11(6-8-22)15(19)23/h1-4,10-11H,5-9H2,(H2,19,23)(H,20,21). The number of nitrogens with two attached hydrogens (primary N) is 1. The predicted octanol–water partition coefficient (Wildman–Crippen LogP) is 2.75. The van der Waals surface area contributed by atoms with E-state index in [9.17, 15) is 9.59 Å². The smallest absolute Gasteiger partial charge is 0.273 e. The third-order valence-electron chi connectivity index (χ3n) is 4.30. The van der Waals surface area contributed by atoms with Gasteiger partial charge in [-0.1, -0.05) is 29.8 Å². The van der Waals surface area contributed by atoms with E-state index < -0.39 is 0 Å². The number of carbonyl (C=O) groups is 2. The summed E-state index contributed by atoms with van der Waals surface area (Å²) in [6.07, 6.45) is 1.23. The van der Waals surface area contributed by atoms with Gasteiger partial charge < -0.3 is 16.0 Å². The van der Waals surface area contributed by atoms with Crippen molar-refractivity contribution < 1.29 is 9.59 Å². The van der Waals surface area contributed by atoms with Crippen molar-refractivity contribution in [2.45, 2.75) is 19.4 Å². The van der Waals surface area contributed by atoms with Crippen LogP contribution in [-0.4, -0.2) is 34.8 Å². The van der Waals surface area contributed by atoms with Crippen LogP contribution in [0, 0.1) is 5.92 Å². The van der Waals surface area contributed by atoms with Crippen LogP contribution >= 0.6 is 22.9 Å². The molecule has 25 heavy (non-hydrogen) atoms. The number of likely N-dealkylation sites (tertiary alicyclic amines) is 1. The lowest BCUT2D eigenvalue weighted by Gasteiger charge is -2.30. The molecule has 1 aliphatic rings. The number of nitrogens with zero attached hydrogens (tertiary/aromatic N) is 2. The molecule has 0 spiro atoms. The summed E-state index contributed by atoms with van der Waals surface area (Å²) < 4.78 is 0. The fourth-order valence-electron chi connectivity index (χ4n) is 2.79. The lowest BCUT2D eigenvalue weighted by atomic mass is 9.96. The maximum absolute atomic E-state index is 12.5. The van der Waals surface area contributed by atoms with E-state index >= 15 is 0 Å². The lowest BCUT2D eigenvalue weighted by Crippen LogP contribution is -2.41. The number of anilines is 1. The third kappa shape index (κ3) is 4.29. The highest BCUT2D eigenvalue weighted by molar-refractivity contribution is 7.13. The first-order valence-corrected chi connectivity index (χ1v) is 9.31. The Morgan fingerprint density at radius 3 is 2.72 bits per heavy atom. The number of carbonyl (C=O) groups excluding carboxylic acids is 2. The Morgan fingerprint density at radius 2 is 2.04 bits per heavy atom. The quantitative estimate of drug-likeness (QED) is 0.837. The summed E-state index contributed by atoms with van der Waals surface area (Å²) in [5, 5.41) is 6.31. The molecular weight excluding hydrogens is 360 g/mol. The van der Waals surface area contributed by atoms with Crippen LogP contribution < -0.4 is 11.1 Å². The zero-order valence-corrected chi connectivity index (χ0v) is 15.1. The maximum Gasteiger partial charge on any atom is 0.273 e. The minimum absolute atomic E-state index is 0.107. The normalized spacial score (nSPS) is 15.2. The Kier molecular flexibility index (Phi) is 5.55. The van der Waals surface area contributed by atoms with Crippen LogP contribution in [0.3, 0.4) is 0 Å². The number of rotatable bonds is 5. The van der Waals surface area contributed by atoms with Crippen LogP contribution in [-0.2, 0) is 11.3 Å². The van der Waals surface area contributed by atoms with Crippen LogP contribution in [0.15, 0.2) is 29.6 Å². The molecule has 0 atom stereocenters. The molecule has 0 unspecified atom stereocenters. The van der Waals surface area contributed by atoms with Crippen LogP contribution in [0.2, 0.25) is 5.02 Å². The van der Waals surface area contributed by atoms with Gasteiger partial charge in [0.2, 0.25) is 5.91 Å². The topological polar surface area (TPSA) is 88.3 Å². The van der Waals surface area contributed by atoms with Gasteiger partial charge in [0.1, 0.15) is 5.69 Å². The van der Waals surface area contributed by atoms with Gasteiger partial charge >= 0.3 is 0 Å². The lowest BCUT2D eigenvalue weighted by molar-refractivity contribution is -0.123. The number of primary amides is 1. The van der Waals surface area contributed by atoms with Crippen LogP contribution in [0.5, 0.6) is 0 Å². The molecule has 6 nitrogen and oxygen atoms in total. The monoisotopic (exact) mass is 378 g/mol. The molecule has 0 aliphatic carbocycles. The van der Waals surface area contributed by atoms with Crippen LogP contribution in [0.25, 0.3) is 0 Å². The summed E-state index contributed by atoms with van der Waals surface area (Å²) in [6, 6.07) is 7.59. The summed E-state index contributed by atoms with van der Waals surface area (Å²) in [6.45, 7) is 1.61. The molecule has 1 fully saturated rings. The molecule has 1 aromatic carbocycles. The Balaban J connectivity index is 1.57. The number of hydrogen-bond acceptors (Lipinski definition) is 5. The van der Waals surface area contributed by atoms with Crippen molar-refractivity contribution in [2.75, 3.05) is 18.4 Å². The molecule has 132 valence electrons. The van der Waals surface area contributed by atoms with E-state index in [2.05, 4.69) is 10.3 Å². The van der Waals surface area contributed by atoms with E-state index in [0.29, 0.717) is 48.3 Å². The summed E-state index contributed by atoms with van der Waals surface area (Å²) in [5.41, 5.74) is 6.72. The zero-order chi connectivity index (χ0) is 17.8. The Bertz CT molecular complexity index is 772. The van der Waals surface area contributed by atoms with Gasteiger partial charge in [0, 0.05) is 36.0 Å². The predicted molar refractivity (Wildman–Crippen MR) is 98.7 cm³/mol. The van der Waals surface area contributed by atoms with E-state index in [1.165, 1.54) is 11.3 Å². The van der Waals surface area contributed by atoms with Crippen molar-refractivity contribution in [2.24, 2.45) is 11.7 Å². The van der Waals surface area contributed by atoms with Crippen LogP contribution in [0.1, 0.15) is 28.9 Å². The van der Waals surface area contributed by atoms with E-state index in [1.54, 1.807) is 10.3 Å². The molecule has 1 aromatic heterocycles. The minimum atomic E-state index is -0.285. The highest BCUT2D eigenvalue weighted by Gasteiger charge is 2.27. The number of thiazole rings is 1. The Hall–Kier alpha value is -2.12. The maximum atomic E-state index is 12.5.